The minimum Gasteiger partial charge on any atom is -0.453 e. The summed E-state index contributed by atoms with van der Waals surface area (Å²) in [5.41, 5.74) is 12.1. The fourth-order valence-corrected chi connectivity index (χ4v) is 18.7. The Bertz CT molecular complexity index is 4520. The summed E-state index contributed by atoms with van der Waals surface area (Å²) in [6.07, 6.45) is 22.7. The van der Waals surface area contributed by atoms with Gasteiger partial charge in [-0.15, -0.1) is 0 Å². The van der Waals surface area contributed by atoms with Crippen LogP contribution in [0.3, 0.4) is 0 Å². The van der Waals surface area contributed by atoms with Crippen LogP contribution in [-0.2, 0) is 0 Å². The minimum atomic E-state index is -6.00. The van der Waals surface area contributed by atoms with Crippen LogP contribution < -0.4 is 38.2 Å². The molecule has 0 amide bonds. The molecule has 682 valence electrons. The van der Waals surface area contributed by atoms with Crippen molar-refractivity contribution in [2.45, 2.75) is 204 Å². The van der Waals surface area contributed by atoms with Gasteiger partial charge in [-0.3, -0.25) is 14.4 Å². The van der Waals surface area contributed by atoms with E-state index in [1.54, 1.807) is 0 Å². The molecular weight excluding hydrogens is 1590 g/mol. The summed E-state index contributed by atoms with van der Waals surface area (Å²) in [7, 11) is -6.00. The maximum atomic E-state index is 13.0. The Hall–Kier alpha value is -10.4. The summed E-state index contributed by atoms with van der Waals surface area (Å²) in [6.45, 7) is 34.0. The number of unbranched alkanes of at least 4 members (excludes halogenated alkanes) is 10. The van der Waals surface area contributed by atoms with Crippen LogP contribution in [0.4, 0.5) is 17.3 Å². The first-order chi connectivity index (χ1) is 62.2. The van der Waals surface area contributed by atoms with Crippen molar-refractivity contribution in [3.8, 4) is 0 Å². The van der Waals surface area contributed by atoms with Gasteiger partial charge in [0.15, 0.2) is 17.3 Å². The van der Waals surface area contributed by atoms with Crippen molar-refractivity contribution in [3.05, 3.63) is 321 Å². The number of carbonyl (C=O) groups excluding carboxylic acids is 3. The molecule has 3 aromatic heterocycles. The zero-order chi connectivity index (χ0) is 91.8. The van der Waals surface area contributed by atoms with Gasteiger partial charge in [0, 0.05) is 16.2 Å². The second-order valence-electron chi connectivity index (χ2n) is 35.3. The summed E-state index contributed by atoms with van der Waals surface area (Å²) in [5.74, 6) is 2.02. The van der Waals surface area contributed by atoms with Crippen molar-refractivity contribution >= 4 is 108 Å². The average molecular weight is 1740 g/mol. The van der Waals surface area contributed by atoms with E-state index in [1.165, 1.54) is 173 Å². The number of ketones is 3. The minimum absolute atomic E-state index is 0.152. The highest BCUT2D eigenvalue weighted by Gasteiger charge is 2.36. The fraction of sp³-hybridized carbons (Fsp3) is 0.384. The highest BCUT2D eigenvalue weighted by Crippen LogP contribution is 2.28. The first kappa shape index (κ1) is 103. The zero-order valence-electron chi connectivity index (χ0n) is 78.7. The van der Waals surface area contributed by atoms with Crippen molar-refractivity contribution in [2.75, 3.05) is 78.5 Å². The SMILES string of the molecule is CCCC[B-](c1ccccc1)(c1ccccc1)c1ccccc1.CCCC[N+](CCCC)(CCCC)CC(=O)c1cc2ccccc2o1.CCCC[N+](CCCC)(CCCC)CC(=O)c1cc2ccccc2o1.CCCC[N+](CCCC)(CCCC)CC(=O)c1cc2ccccc2o1.F[B-](F)(F)F.c1ccc([B-](c2ccccc2)(c2ccccc2)c2ccccc2)cc1. The van der Waals surface area contributed by atoms with Gasteiger partial charge in [0.25, 0.3) is 17.3 Å². The summed E-state index contributed by atoms with van der Waals surface area (Å²) >= 11 is 0. The summed E-state index contributed by atoms with van der Waals surface area (Å²) in [4.78, 5) is 39.0. The van der Waals surface area contributed by atoms with E-state index < -0.39 is 19.5 Å². The lowest BCUT2D eigenvalue weighted by Gasteiger charge is -2.44. The third kappa shape index (κ3) is 30.9. The Kier molecular flexibility index (Phi) is 44.1. The molecule has 0 atom stereocenters. The summed E-state index contributed by atoms with van der Waals surface area (Å²) in [6, 6.07) is 106. The monoisotopic (exact) mass is 1740 g/mol. The standard InChI is InChI=1S/C24H20B.C22H24B.3C22H34NO2.BF4/c1-5-13-21(14-6-1)25(22-15-7-2-8-16-22,23-17-9-3-10-18-23)24-19-11-4-12-20-24;1-2-3-19-23(20-13-7-4-8-14-20,21-15-9-5-10-16-21)22-17-11-6-12-18-22;3*1-4-7-14-23(15-8-5-2,16-9-6-3)18-20(24)22-17-19-12-10-11-13-21(19)25-22;2-1(3,4)5/h1-20H;4-18H,2-3,19H2,1H3;3*10-13,17H,4-9,14-16,18H2,1-3H3;/q2*-1;3*+1;-1. The third-order valence-corrected chi connectivity index (χ3v) is 25.7. The maximum absolute atomic E-state index is 13.0. The highest BCUT2D eigenvalue weighted by atomic mass is 19.5. The van der Waals surface area contributed by atoms with Gasteiger partial charge < -0.3 is 44.0 Å². The van der Waals surface area contributed by atoms with Crippen LogP contribution in [0, 0.1) is 0 Å². The molecule has 0 aliphatic rings. The molecule has 16 heteroatoms. The highest BCUT2D eigenvalue weighted by molar-refractivity contribution is 7.20. The van der Waals surface area contributed by atoms with Crippen LogP contribution in [0.15, 0.2) is 317 Å². The van der Waals surface area contributed by atoms with Gasteiger partial charge in [0.2, 0.25) is 0 Å². The molecule has 3 heterocycles. The third-order valence-electron chi connectivity index (χ3n) is 25.7. The number of rotatable bonds is 46. The van der Waals surface area contributed by atoms with Crippen LogP contribution in [0.1, 0.15) is 229 Å². The van der Waals surface area contributed by atoms with Crippen molar-refractivity contribution in [2.24, 2.45) is 0 Å². The van der Waals surface area contributed by atoms with Gasteiger partial charge in [-0.2, -0.15) is 44.6 Å². The molecule has 0 unspecified atom stereocenters. The fourth-order valence-electron chi connectivity index (χ4n) is 18.7. The number of nitrogens with zero attached hydrogens (tertiary/aromatic N) is 3. The predicted molar refractivity (Wildman–Crippen MR) is 539 cm³/mol. The van der Waals surface area contributed by atoms with Crippen molar-refractivity contribution < 1.29 is 58.3 Å². The number of hydrogen-bond donors (Lipinski definition) is 0. The van der Waals surface area contributed by atoms with Gasteiger partial charge in [-0.05, 0) is 94.2 Å². The van der Waals surface area contributed by atoms with E-state index in [1.807, 2.05) is 91.0 Å². The first-order valence-corrected chi connectivity index (χ1v) is 48.4. The van der Waals surface area contributed by atoms with E-state index in [2.05, 4.69) is 282 Å². The van der Waals surface area contributed by atoms with Gasteiger partial charge >= 0.3 is 7.25 Å². The van der Waals surface area contributed by atoms with Gasteiger partial charge in [-0.25, -0.2) is 0 Å². The topological polar surface area (TPSA) is 90.6 Å². The van der Waals surface area contributed by atoms with E-state index in [-0.39, 0.29) is 17.3 Å². The number of benzene rings is 10. The van der Waals surface area contributed by atoms with E-state index in [9.17, 15) is 31.6 Å². The Morgan fingerprint density at radius 2 is 0.414 bits per heavy atom. The normalized spacial score (nSPS) is 11.7. The molecule has 0 fully saturated rings. The Morgan fingerprint density at radius 1 is 0.242 bits per heavy atom. The number of carbonyl (C=O) groups is 3. The second-order valence-corrected chi connectivity index (χ2v) is 35.3. The average Bonchev–Trinajstić information content (AvgIpc) is 0.934. The number of halogens is 4. The van der Waals surface area contributed by atoms with E-state index >= 15 is 0 Å². The first-order valence-electron chi connectivity index (χ1n) is 48.4. The lowest BCUT2D eigenvalue weighted by molar-refractivity contribution is -0.921. The van der Waals surface area contributed by atoms with Crippen LogP contribution in [0.5, 0.6) is 0 Å². The number of para-hydroxylation sites is 3. The van der Waals surface area contributed by atoms with E-state index in [0.717, 1.165) is 105 Å². The van der Waals surface area contributed by atoms with Crippen LogP contribution >= 0.6 is 0 Å². The van der Waals surface area contributed by atoms with Crippen LogP contribution in [0.2, 0.25) is 6.32 Å². The van der Waals surface area contributed by atoms with Crippen LogP contribution in [0.25, 0.3) is 32.9 Å². The molecule has 13 aromatic rings. The van der Waals surface area contributed by atoms with Gasteiger partial charge in [0.1, 0.15) is 42.5 Å². The molecule has 9 nitrogen and oxygen atoms in total. The molecule has 0 aliphatic carbocycles. The second kappa shape index (κ2) is 54.8. The Labute approximate surface area is 764 Å². The van der Waals surface area contributed by atoms with Crippen molar-refractivity contribution in [1.29, 1.82) is 0 Å². The number of furan rings is 3. The van der Waals surface area contributed by atoms with Gasteiger partial charge in [0.05, 0.1) is 65.0 Å². The molecule has 0 aliphatic heterocycles. The van der Waals surface area contributed by atoms with Crippen molar-refractivity contribution in [1.82, 2.24) is 0 Å². The largest absolute Gasteiger partial charge is 0.673 e. The molecule has 128 heavy (non-hydrogen) atoms. The zero-order valence-corrected chi connectivity index (χ0v) is 78.7. The molecule has 0 radical (unpaired) electrons. The number of fused-ring (bicyclic) bond motifs is 3. The van der Waals surface area contributed by atoms with Crippen LogP contribution in [-0.4, -0.2) is 129 Å². The quantitative estimate of drug-likeness (QED) is 0.0163. The van der Waals surface area contributed by atoms with E-state index in [4.69, 9.17) is 13.3 Å². The summed E-state index contributed by atoms with van der Waals surface area (Å²) in [5, 5.41) is 3.04. The number of hydrogen-bond acceptors (Lipinski definition) is 6. The molecule has 0 saturated heterocycles. The molecular formula is C112H146B3F4N3O6. The van der Waals surface area contributed by atoms with Crippen molar-refractivity contribution in [3.63, 3.8) is 0 Å². The van der Waals surface area contributed by atoms with E-state index in [0.29, 0.717) is 36.9 Å². The maximum Gasteiger partial charge on any atom is 0.673 e. The molecule has 10 aromatic carbocycles. The Balaban J connectivity index is 0.000000195. The number of Topliss-reactive ketones (excluding diaryl/α,β-unsaturated/α-hetero) is 3. The Morgan fingerprint density at radius 3 is 0.594 bits per heavy atom. The molecule has 0 spiro atoms. The van der Waals surface area contributed by atoms with Gasteiger partial charge in [-0.1, -0.05) is 407 Å². The number of quaternary nitrogens is 3. The molecule has 13 rings (SSSR count). The predicted octanol–water partition coefficient (Wildman–Crippen LogP) is 25.8. The summed E-state index contributed by atoms with van der Waals surface area (Å²) < 4.78 is 59.3. The lowest BCUT2D eigenvalue weighted by Crippen LogP contribution is -2.74. The smallest absolute Gasteiger partial charge is 0.453 e. The molecule has 0 bridgehead atoms. The lowest BCUT2D eigenvalue weighted by atomic mass is 9.13. The molecule has 0 saturated carbocycles. The molecule has 0 N–H and O–H groups in total.